The summed E-state index contributed by atoms with van der Waals surface area (Å²) < 4.78 is 5.36. The van der Waals surface area contributed by atoms with Crippen LogP contribution in [0.1, 0.15) is 6.42 Å². The van der Waals surface area contributed by atoms with Crippen LogP contribution in [-0.4, -0.2) is 81.0 Å². The summed E-state index contributed by atoms with van der Waals surface area (Å²) in [5, 5.41) is 8.97. The summed E-state index contributed by atoms with van der Waals surface area (Å²) in [5.41, 5.74) is 0.963. The first-order valence-corrected chi connectivity index (χ1v) is 7.96. The minimum absolute atomic E-state index is 0.124. The van der Waals surface area contributed by atoms with E-state index < -0.39 is 5.97 Å². The number of ether oxygens (including phenoxy) is 1. The van der Waals surface area contributed by atoms with Gasteiger partial charge in [0.05, 0.1) is 31.5 Å². The average Bonchev–Trinajstić information content (AvgIpc) is 2.56. The lowest BCUT2D eigenvalue weighted by Gasteiger charge is -2.31. The highest BCUT2D eigenvalue weighted by Crippen LogP contribution is 2.17. The maximum absolute atomic E-state index is 10.9. The van der Waals surface area contributed by atoms with Crippen molar-refractivity contribution in [3.8, 4) is 0 Å². The standard InChI is InChI=1S/C16H26N4O3/c1-18(2)15-4-3-14(13-17-15)20(6-5-16(21)22)8-7-19-9-11-23-12-10-19/h3-4,13H,5-12H2,1-2H3,(H,21,22). The molecule has 0 unspecified atom stereocenters. The largest absolute Gasteiger partial charge is 0.481 e. The van der Waals surface area contributed by atoms with Gasteiger partial charge in [-0.15, -0.1) is 0 Å². The number of carboxylic acid groups (broad SMARTS) is 1. The van der Waals surface area contributed by atoms with Gasteiger partial charge < -0.3 is 19.6 Å². The second kappa shape index (κ2) is 8.69. The van der Waals surface area contributed by atoms with Crippen LogP contribution < -0.4 is 9.80 Å². The zero-order valence-electron chi connectivity index (χ0n) is 13.9. The number of hydrogen-bond acceptors (Lipinski definition) is 6. The smallest absolute Gasteiger partial charge is 0.305 e. The summed E-state index contributed by atoms with van der Waals surface area (Å²) >= 11 is 0. The molecule has 1 aliphatic heterocycles. The van der Waals surface area contributed by atoms with Crippen molar-refractivity contribution < 1.29 is 14.6 Å². The molecule has 0 saturated carbocycles. The summed E-state index contributed by atoms with van der Waals surface area (Å²) in [6.07, 6.45) is 1.94. The van der Waals surface area contributed by atoms with Crippen molar-refractivity contribution in [3.05, 3.63) is 18.3 Å². The number of rotatable bonds is 8. The molecule has 7 heteroatoms. The lowest BCUT2D eigenvalue weighted by atomic mass is 10.3. The van der Waals surface area contributed by atoms with E-state index in [9.17, 15) is 4.79 Å². The number of morpholine rings is 1. The number of nitrogens with zero attached hydrogens (tertiary/aromatic N) is 4. The van der Waals surface area contributed by atoms with Crippen molar-refractivity contribution in [3.63, 3.8) is 0 Å². The average molecular weight is 322 g/mol. The highest BCUT2D eigenvalue weighted by Gasteiger charge is 2.14. The zero-order chi connectivity index (χ0) is 16.7. The number of carbonyl (C=O) groups is 1. The predicted molar refractivity (Wildman–Crippen MR) is 90.3 cm³/mol. The molecule has 1 aromatic rings. The Kier molecular flexibility index (Phi) is 6.61. The Morgan fingerprint density at radius 2 is 2.04 bits per heavy atom. The summed E-state index contributed by atoms with van der Waals surface area (Å²) in [4.78, 5) is 21.7. The molecule has 1 saturated heterocycles. The fraction of sp³-hybridized carbons (Fsp3) is 0.625. The summed E-state index contributed by atoms with van der Waals surface area (Å²) in [5.74, 6) is 0.111. The summed E-state index contributed by atoms with van der Waals surface area (Å²) in [6.45, 7) is 5.59. The quantitative estimate of drug-likeness (QED) is 0.758. The number of pyridine rings is 1. The lowest BCUT2D eigenvalue weighted by molar-refractivity contribution is -0.136. The Bertz CT molecular complexity index is 487. The fourth-order valence-electron chi connectivity index (χ4n) is 2.52. The van der Waals surface area contributed by atoms with E-state index in [2.05, 4.69) is 14.8 Å². The Morgan fingerprint density at radius 3 is 2.61 bits per heavy atom. The normalized spacial score (nSPS) is 15.4. The SMILES string of the molecule is CN(C)c1ccc(N(CCC(=O)O)CCN2CCOCC2)cn1. The maximum Gasteiger partial charge on any atom is 0.305 e. The first-order valence-electron chi connectivity index (χ1n) is 7.96. The lowest BCUT2D eigenvalue weighted by Crippen LogP contribution is -2.42. The molecule has 2 heterocycles. The molecule has 0 spiro atoms. The van der Waals surface area contributed by atoms with E-state index in [0.717, 1.165) is 50.9 Å². The Morgan fingerprint density at radius 1 is 1.30 bits per heavy atom. The van der Waals surface area contributed by atoms with Gasteiger partial charge in [0.2, 0.25) is 0 Å². The van der Waals surface area contributed by atoms with Gasteiger partial charge >= 0.3 is 5.97 Å². The third-order valence-corrected chi connectivity index (χ3v) is 3.94. The highest BCUT2D eigenvalue weighted by atomic mass is 16.5. The summed E-state index contributed by atoms with van der Waals surface area (Å²) in [7, 11) is 3.89. The molecule has 128 valence electrons. The molecule has 0 bridgehead atoms. The number of aromatic nitrogens is 1. The van der Waals surface area contributed by atoms with Crippen molar-refractivity contribution in [2.75, 3.05) is 69.8 Å². The fourth-order valence-corrected chi connectivity index (χ4v) is 2.52. The van der Waals surface area contributed by atoms with E-state index in [4.69, 9.17) is 9.84 Å². The third-order valence-electron chi connectivity index (χ3n) is 3.94. The first-order chi connectivity index (χ1) is 11.1. The van der Waals surface area contributed by atoms with Crippen molar-refractivity contribution in [1.82, 2.24) is 9.88 Å². The van der Waals surface area contributed by atoms with Crippen molar-refractivity contribution >= 4 is 17.5 Å². The monoisotopic (exact) mass is 322 g/mol. The van der Waals surface area contributed by atoms with Gasteiger partial charge in [-0.25, -0.2) is 4.98 Å². The molecule has 1 N–H and O–H groups in total. The number of hydrogen-bond donors (Lipinski definition) is 1. The van der Waals surface area contributed by atoms with Crippen molar-refractivity contribution in [2.24, 2.45) is 0 Å². The van der Waals surface area contributed by atoms with Crippen LogP contribution in [-0.2, 0) is 9.53 Å². The Balaban J connectivity index is 1.98. The zero-order valence-corrected chi connectivity index (χ0v) is 13.9. The van der Waals surface area contributed by atoms with E-state index >= 15 is 0 Å². The number of anilines is 2. The summed E-state index contributed by atoms with van der Waals surface area (Å²) in [6, 6.07) is 3.96. The van der Waals surface area contributed by atoms with E-state index in [1.165, 1.54) is 0 Å². The minimum atomic E-state index is -0.778. The molecule has 7 nitrogen and oxygen atoms in total. The molecule has 0 aromatic carbocycles. The second-order valence-corrected chi connectivity index (χ2v) is 5.85. The molecule has 0 aliphatic carbocycles. The molecule has 1 aromatic heterocycles. The highest BCUT2D eigenvalue weighted by molar-refractivity contribution is 5.67. The van der Waals surface area contributed by atoms with E-state index in [0.29, 0.717) is 6.54 Å². The van der Waals surface area contributed by atoms with Gasteiger partial charge in [0, 0.05) is 46.8 Å². The van der Waals surface area contributed by atoms with Crippen molar-refractivity contribution in [1.29, 1.82) is 0 Å². The number of aliphatic carboxylic acids is 1. The molecule has 23 heavy (non-hydrogen) atoms. The molecule has 0 radical (unpaired) electrons. The Labute approximate surface area is 137 Å². The van der Waals surface area contributed by atoms with Crippen LogP contribution in [0.4, 0.5) is 11.5 Å². The van der Waals surface area contributed by atoms with E-state index in [1.807, 2.05) is 37.3 Å². The second-order valence-electron chi connectivity index (χ2n) is 5.85. The van der Waals surface area contributed by atoms with Crippen LogP contribution >= 0.6 is 0 Å². The molecule has 1 fully saturated rings. The maximum atomic E-state index is 10.9. The first kappa shape index (κ1) is 17.5. The molecule has 1 aliphatic rings. The third kappa shape index (κ3) is 5.69. The van der Waals surface area contributed by atoms with Crippen LogP contribution in [0, 0.1) is 0 Å². The van der Waals surface area contributed by atoms with Crippen LogP contribution in [0.2, 0.25) is 0 Å². The van der Waals surface area contributed by atoms with Gasteiger partial charge in [0.1, 0.15) is 5.82 Å². The van der Waals surface area contributed by atoms with Crippen molar-refractivity contribution in [2.45, 2.75) is 6.42 Å². The molecule has 2 rings (SSSR count). The van der Waals surface area contributed by atoms with Gasteiger partial charge in [-0.3, -0.25) is 9.69 Å². The van der Waals surface area contributed by atoms with Gasteiger partial charge in [-0.05, 0) is 12.1 Å². The van der Waals surface area contributed by atoms with Gasteiger partial charge in [0.15, 0.2) is 0 Å². The molecular weight excluding hydrogens is 296 g/mol. The number of carboxylic acids is 1. The van der Waals surface area contributed by atoms with Gasteiger partial charge in [0.25, 0.3) is 0 Å². The van der Waals surface area contributed by atoms with E-state index in [-0.39, 0.29) is 6.42 Å². The van der Waals surface area contributed by atoms with Crippen LogP contribution in [0.5, 0.6) is 0 Å². The topological polar surface area (TPSA) is 69.1 Å². The van der Waals surface area contributed by atoms with Gasteiger partial charge in [-0.2, -0.15) is 0 Å². The van der Waals surface area contributed by atoms with Gasteiger partial charge in [-0.1, -0.05) is 0 Å². The molecular formula is C16H26N4O3. The van der Waals surface area contributed by atoms with E-state index in [1.54, 1.807) is 0 Å². The van der Waals surface area contributed by atoms with Crippen LogP contribution in [0.15, 0.2) is 18.3 Å². The predicted octanol–water partition coefficient (Wildman–Crippen LogP) is 0.761. The molecule has 0 amide bonds. The molecule has 0 atom stereocenters. The minimum Gasteiger partial charge on any atom is -0.481 e. The van der Waals surface area contributed by atoms with Crippen LogP contribution in [0.3, 0.4) is 0 Å². The van der Waals surface area contributed by atoms with Crippen LogP contribution in [0.25, 0.3) is 0 Å². The Hall–Kier alpha value is -1.86.